The summed E-state index contributed by atoms with van der Waals surface area (Å²) < 4.78 is 10.2. The van der Waals surface area contributed by atoms with E-state index in [0.717, 1.165) is 0 Å². The predicted octanol–water partition coefficient (Wildman–Crippen LogP) is -0.265. The number of halogens is 1. The van der Waals surface area contributed by atoms with Crippen molar-refractivity contribution >= 4 is 26.6 Å². The minimum Gasteiger partial charge on any atom is -0.340 e. The van der Waals surface area contributed by atoms with E-state index in [-0.39, 0.29) is 11.3 Å². The summed E-state index contributed by atoms with van der Waals surface area (Å²) in [4.78, 5) is 10.1. The van der Waals surface area contributed by atoms with Crippen LogP contribution in [0.3, 0.4) is 0 Å². The standard InChI is InChI=1S/C3H4ClNO2S/c4-8(7)3-1-2(6)5-3/h3H,1H2,(H,5,6). The van der Waals surface area contributed by atoms with E-state index in [1.165, 1.54) is 0 Å². The van der Waals surface area contributed by atoms with Crippen LogP contribution < -0.4 is 5.32 Å². The Hall–Kier alpha value is -0.0900. The van der Waals surface area contributed by atoms with Crippen molar-refractivity contribution in [2.24, 2.45) is 0 Å². The van der Waals surface area contributed by atoms with Gasteiger partial charge in [0, 0.05) is 0 Å². The summed E-state index contributed by atoms with van der Waals surface area (Å²) in [5.74, 6) is -0.0796. The highest BCUT2D eigenvalue weighted by Gasteiger charge is 2.29. The molecule has 2 atom stereocenters. The van der Waals surface area contributed by atoms with E-state index in [0.29, 0.717) is 6.42 Å². The Bertz CT molecular complexity index is 140. The number of hydrogen-bond donors (Lipinski definition) is 1. The van der Waals surface area contributed by atoms with Crippen molar-refractivity contribution in [3.05, 3.63) is 0 Å². The van der Waals surface area contributed by atoms with Crippen molar-refractivity contribution in [1.29, 1.82) is 0 Å². The molecular formula is C3H4ClNO2S. The number of carbonyl (C=O) groups excluding carboxylic acids is 1. The summed E-state index contributed by atoms with van der Waals surface area (Å²) in [6, 6.07) is 0. The molecule has 0 aliphatic carbocycles. The Morgan fingerprint density at radius 2 is 2.38 bits per heavy atom. The maximum absolute atomic E-state index is 10.2. The molecule has 0 aromatic heterocycles. The third kappa shape index (κ3) is 1.00. The fourth-order valence-electron chi connectivity index (χ4n) is 0.439. The zero-order chi connectivity index (χ0) is 6.15. The number of amides is 1. The first kappa shape index (κ1) is 6.04. The van der Waals surface area contributed by atoms with Crippen molar-refractivity contribution in [2.75, 3.05) is 0 Å². The number of carbonyl (C=O) groups is 1. The SMILES string of the molecule is O=C1CC(S(=O)Cl)N1. The summed E-state index contributed by atoms with van der Waals surface area (Å²) in [7, 11) is 3.70. The first-order chi connectivity index (χ1) is 3.70. The Kier molecular flexibility index (Phi) is 1.53. The quantitative estimate of drug-likeness (QED) is 0.417. The molecule has 5 heteroatoms. The third-order valence-electron chi connectivity index (χ3n) is 0.916. The van der Waals surface area contributed by atoms with Gasteiger partial charge in [-0.25, -0.2) is 4.21 Å². The lowest BCUT2D eigenvalue weighted by Gasteiger charge is -2.22. The van der Waals surface area contributed by atoms with Gasteiger partial charge in [0.25, 0.3) is 0 Å². The van der Waals surface area contributed by atoms with Crippen LogP contribution in [0.2, 0.25) is 0 Å². The van der Waals surface area contributed by atoms with Gasteiger partial charge in [-0.05, 0) is 10.7 Å². The molecule has 1 heterocycles. The van der Waals surface area contributed by atoms with E-state index >= 15 is 0 Å². The van der Waals surface area contributed by atoms with Gasteiger partial charge in [-0.2, -0.15) is 0 Å². The van der Waals surface area contributed by atoms with Crippen molar-refractivity contribution in [2.45, 2.75) is 11.8 Å². The van der Waals surface area contributed by atoms with Gasteiger partial charge >= 0.3 is 0 Å². The van der Waals surface area contributed by atoms with E-state index in [1.807, 2.05) is 0 Å². The Balaban J connectivity index is 2.35. The molecule has 46 valence electrons. The van der Waals surface area contributed by atoms with Crippen molar-refractivity contribution < 1.29 is 9.00 Å². The molecule has 1 amide bonds. The van der Waals surface area contributed by atoms with Gasteiger partial charge in [-0.1, -0.05) is 0 Å². The largest absolute Gasteiger partial charge is 0.340 e. The van der Waals surface area contributed by atoms with Crippen LogP contribution in [-0.4, -0.2) is 15.5 Å². The highest BCUT2D eigenvalue weighted by Crippen LogP contribution is 2.10. The average Bonchev–Trinajstić information content (AvgIpc) is 1.57. The zero-order valence-electron chi connectivity index (χ0n) is 3.89. The van der Waals surface area contributed by atoms with Crippen molar-refractivity contribution in [3.8, 4) is 0 Å². The summed E-state index contributed by atoms with van der Waals surface area (Å²) in [6.07, 6.45) is 0.302. The molecule has 3 nitrogen and oxygen atoms in total. The molecule has 0 radical (unpaired) electrons. The second kappa shape index (κ2) is 2.03. The molecule has 1 saturated heterocycles. The average molecular weight is 154 g/mol. The smallest absolute Gasteiger partial charge is 0.224 e. The molecule has 0 aromatic rings. The Labute approximate surface area is 53.4 Å². The van der Waals surface area contributed by atoms with Gasteiger partial charge in [0.2, 0.25) is 5.91 Å². The van der Waals surface area contributed by atoms with E-state index < -0.39 is 10.0 Å². The van der Waals surface area contributed by atoms with Gasteiger partial charge in [0.1, 0.15) is 15.4 Å². The summed E-state index contributed by atoms with van der Waals surface area (Å²) >= 11 is 0. The maximum atomic E-state index is 10.2. The number of rotatable bonds is 1. The lowest BCUT2D eigenvalue weighted by Crippen LogP contribution is -2.49. The van der Waals surface area contributed by atoms with Crippen LogP contribution in [-0.2, 0) is 14.8 Å². The fourth-order valence-corrected chi connectivity index (χ4v) is 1.27. The second-order valence-corrected chi connectivity index (χ2v) is 3.49. The summed E-state index contributed by atoms with van der Waals surface area (Å²) in [6.45, 7) is 0. The van der Waals surface area contributed by atoms with Crippen molar-refractivity contribution in [1.82, 2.24) is 5.32 Å². The zero-order valence-corrected chi connectivity index (χ0v) is 5.46. The van der Waals surface area contributed by atoms with E-state index in [9.17, 15) is 9.00 Å². The number of β-lactam (4-membered cyclic amide) rings is 1. The topological polar surface area (TPSA) is 46.2 Å². The van der Waals surface area contributed by atoms with E-state index in [2.05, 4.69) is 5.32 Å². The molecule has 8 heavy (non-hydrogen) atoms. The van der Waals surface area contributed by atoms with Gasteiger partial charge in [-0.15, -0.1) is 0 Å². The van der Waals surface area contributed by atoms with Crippen LogP contribution in [0, 0.1) is 0 Å². The number of nitrogens with one attached hydrogen (secondary N) is 1. The maximum Gasteiger partial charge on any atom is 0.224 e. The molecule has 1 fully saturated rings. The third-order valence-corrected chi connectivity index (χ3v) is 2.29. The van der Waals surface area contributed by atoms with Crippen LogP contribution in [0.15, 0.2) is 0 Å². The highest BCUT2D eigenvalue weighted by atomic mass is 35.7. The first-order valence-corrected chi connectivity index (χ1v) is 4.10. The molecule has 1 N–H and O–H groups in total. The molecular weight excluding hydrogens is 150 g/mol. The Morgan fingerprint density at radius 1 is 1.88 bits per heavy atom. The summed E-state index contributed by atoms with van der Waals surface area (Å²) in [5.41, 5.74) is 0. The highest BCUT2D eigenvalue weighted by molar-refractivity contribution is 8.08. The molecule has 0 bridgehead atoms. The van der Waals surface area contributed by atoms with Gasteiger partial charge < -0.3 is 5.32 Å². The van der Waals surface area contributed by atoms with Crippen LogP contribution in [0.4, 0.5) is 0 Å². The molecule has 2 unspecified atom stereocenters. The van der Waals surface area contributed by atoms with Gasteiger partial charge in [0.05, 0.1) is 6.42 Å². The van der Waals surface area contributed by atoms with E-state index in [4.69, 9.17) is 10.7 Å². The Morgan fingerprint density at radius 3 is 2.50 bits per heavy atom. The normalized spacial score (nSPS) is 30.6. The first-order valence-electron chi connectivity index (χ1n) is 2.06. The fraction of sp³-hybridized carbons (Fsp3) is 0.667. The lowest BCUT2D eigenvalue weighted by molar-refractivity contribution is -0.126. The molecule has 1 rings (SSSR count). The lowest BCUT2D eigenvalue weighted by atomic mass is 10.3. The second-order valence-electron chi connectivity index (χ2n) is 1.51. The molecule has 0 saturated carbocycles. The van der Waals surface area contributed by atoms with Gasteiger partial charge in [-0.3, -0.25) is 4.79 Å². The predicted molar refractivity (Wildman–Crippen MR) is 30.5 cm³/mol. The van der Waals surface area contributed by atoms with Crippen LogP contribution in [0.1, 0.15) is 6.42 Å². The monoisotopic (exact) mass is 153 g/mol. The minimum atomic E-state index is -1.40. The van der Waals surface area contributed by atoms with Crippen LogP contribution >= 0.6 is 10.7 Å². The van der Waals surface area contributed by atoms with Crippen LogP contribution in [0.5, 0.6) is 0 Å². The molecule has 0 spiro atoms. The number of hydrogen-bond acceptors (Lipinski definition) is 2. The molecule has 1 aliphatic heterocycles. The molecule has 1 aliphatic rings. The van der Waals surface area contributed by atoms with E-state index in [1.54, 1.807) is 0 Å². The van der Waals surface area contributed by atoms with Crippen LogP contribution in [0.25, 0.3) is 0 Å². The summed E-state index contributed by atoms with van der Waals surface area (Å²) in [5, 5.41) is 2.07. The van der Waals surface area contributed by atoms with Crippen molar-refractivity contribution in [3.63, 3.8) is 0 Å². The van der Waals surface area contributed by atoms with Gasteiger partial charge in [0.15, 0.2) is 0 Å². The molecule has 0 aromatic carbocycles. The minimum absolute atomic E-state index is 0.0796.